The Balaban J connectivity index is 2.31. The summed E-state index contributed by atoms with van der Waals surface area (Å²) in [5.74, 6) is -1.86. The van der Waals surface area contributed by atoms with E-state index in [4.69, 9.17) is 5.26 Å². The summed E-state index contributed by atoms with van der Waals surface area (Å²) in [4.78, 5) is 15.5. The van der Waals surface area contributed by atoms with Crippen LogP contribution in [0.4, 0.5) is 23.2 Å². The van der Waals surface area contributed by atoms with Crippen LogP contribution >= 0.6 is 0 Å². The summed E-state index contributed by atoms with van der Waals surface area (Å²) in [5, 5.41) is 21.2. The van der Waals surface area contributed by atoms with Crippen LogP contribution in [0.5, 0.6) is 0 Å². The minimum absolute atomic E-state index is 0.0453. The number of hydrogen-bond acceptors (Lipinski definition) is 4. The molecule has 5 nitrogen and oxygen atoms in total. The van der Waals surface area contributed by atoms with E-state index in [-0.39, 0.29) is 11.3 Å². The Morgan fingerprint density at radius 2 is 1.96 bits per heavy atom. The van der Waals surface area contributed by atoms with E-state index in [0.29, 0.717) is 6.07 Å². The Morgan fingerprint density at radius 1 is 1.28 bits per heavy atom. The van der Waals surface area contributed by atoms with E-state index in [2.05, 4.69) is 10.3 Å². The third-order valence-electron chi connectivity index (χ3n) is 3.43. The van der Waals surface area contributed by atoms with Gasteiger partial charge in [0, 0.05) is 17.4 Å². The van der Waals surface area contributed by atoms with Gasteiger partial charge >= 0.3 is 6.18 Å². The molecule has 1 unspecified atom stereocenters. The lowest BCUT2D eigenvalue weighted by Gasteiger charge is -2.22. The maximum Gasteiger partial charge on any atom is 0.417 e. The number of halogens is 4. The number of nitrogens with one attached hydrogen (secondary N) is 1. The topological polar surface area (TPSA) is 86.0 Å². The SMILES string of the molecule is CC(O)(C(=O)Nc1ccc(C#N)c(C(F)(F)F)c1)c1ccc(F)nc1. The van der Waals surface area contributed by atoms with Gasteiger partial charge in [-0.1, -0.05) is 0 Å². The highest BCUT2D eigenvalue weighted by Gasteiger charge is 2.36. The molecule has 1 heterocycles. The van der Waals surface area contributed by atoms with Crippen LogP contribution < -0.4 is 5.32 Å². The van der Waals surface area contributed by atoms with Crippen molar-refractivity contribution < 1.29 is 27.5 Å². The number of rotatable bonds is 3. The average molecular weight is 353 g/mol. The van der Waals surface area contributed by atoms with Crippen molar-refractivity contribution >= 4 is 11.6 Å². The zero-order chi connectivity index (χ0) is 18.8. The monoisotopic (exact) mass is 353 g/mol. The largest absolute Gasteiger partial charge is 0.417 e. The number of amides is 1. The first-order valence-electron chi connectivity index (χ1n) is 6.83. The third kappa shape index (κ3) is 3.92. The lowest BCUT2D eigenvalue weighted by molar-refractivity contribution is -0.138. The fourth-order valence-electron chi connectivity index (χ4n) is 2.00. The Morgan fingerprint density at radius 3 is 2.48 bits per heavy atom. The number of alkyl halides is 3. The number of pyridine rings is 1. The predicted molar refractivity (Wildman–Crippen MR) is 78.6 cm³/mol. The van der Waals surface area contributed by atoms with Gasteiger partial charge in [0.1, 0.15) is 0 Å². The zero-order valence-electron chi connectivity index (χ0n) is 12.7. The Kier molecular flexibility index (Phi) is 4.76. The highest BCUT2D eigenvalue weighted by Crippen LogP contribution is 2.34. The van der Waals surface area contributed by atoms with Crippen LogP contribution in [0.15, 0.2) is 36.5 Å². The number of hydrogen-bond donors (Lipinski definition) is 2. The predicted octanol–water partition coefficient (Wildman–Crippen LogP) is 2.96. The van der Waals surface area contributed by atoms with E-state index in [9.17, 15) is 27.5 Å². The van der Waals surface area contributed by atoms with Gasteiger partial charge in [0.15, 0.2) is 5.60 Å². The van der Waals surface area contributed by atoms with Crippen molar-refractivity contribution in [3.05, 3.63) is 59.2 Å². The molecule has 0 fully saturated rings. The van der Waals surface area contributed by atoms with Gasteiger partial charge in [0.2, 0.25) is 5.95 Å². The molecule has 9 heteroatoms. The highest BCUT2D eigenvalue weighted by molar-refractivity contribution is 5.97. The zero-order valence-corrected chi connectivity index (χ0v) is 12.7. The summed E-state index contributed by atoms with van der Waals surface area (Å²) in [7, 11) is 0. The van der Waals surface area contributed by atoms with Gasteiger partial charge in [0.25, 0.3) is 5.91 Å². The molecular weight excluding hydrogens is 342 g/mol. The van der Waals surface area contributed by atoms with Gasteiger partial charge in [-0.15, -0.1) is 0 Å². The normalized spacial score (nSPS) is 13.6. The van der Waals surface area contributed by atoms with Gasteiger partial charge in [-0.3, -0.25) is 4.79 Å². The molecule has 1 aromatic heterocycles. The van der Waals surface area contributed by atoms with Gasteiger partial charge in [0.05, 0.1) is 17.2 Å². The lowest BCUT2D eigenvalue weighted by atomic mass is 9.96. The fraction of sp³-hybridized carbons (Fsp3) is 0.188. The summed E-state index contributed by atoms with van der Waals surface area (Å²) >= 11 is 0. The quantitative estimate of drug-likeness (QED) is 0.656. The van der Waals surface area contributed by atoms with Crippen LogP contribution in [0, 0.1) is 17.3 Å². The van der Waals surface area contributed by atoms with Gasteiger partial charge < -0.3 is 10.4 Å². The van der Waals surface area contributed by atoms with Crippen molar-refractivity contribution in [2.24, 2.45) is 0 Å². The first-order chi connectivity index (χ1) is 11.6. The molecule has 1 atom stereocenters. The second kappa shape index (κ2) is 6.49. The van der Waals surface area contributed by atoms with Crippen molar-refractivity contribution in [1.82, 2.24) is 4.98 Å². The average Bonchev–Trinajstić information content (AvgIpc) is 2.54. The number of anilines is 1. The smallest absolute Gasteiger partial charge is 0.375 e. The minimum atomic E-state index is -4.78. The second-order valence-corrected chi connectivity index (χ2v) is 5.27. The lowest BCUT2D eigenvalue weighted by Crippen LogP contribution is -2.37. The van der Waals surface area contributed by atoms with Crippen molar-refractivity contribution in [2.75, 3.05) is 5.32 Å². The van der Waals surface area contributed by atoms with E-state index < -0.39 is 34.8 Å². The summed E-state index contributed by atoms with van der Waals surface area (Å²) in [5.41, 5.74) is -4.27. The number of carbonyl (C=O) groups is 1. The van der Waals surface area contributed by atoms with Crippen molar-refractivity contribution in [3.8, 4) is 6.07 Å². The van der Waals surface area contributed by atoms with E-state index >= 15 is 0 Å². The molecule has 0 spiro atoms. The van der Waals surface area contributed by atoms with Crippen molar-refractivity contribution in [1.29, 1.82) is 5.26 Å². The number of aliphatic hydroxyl groups is 1. The van der Waals surface area contributed by atoms with Crippen LogP contribution in [0.25, 0.3) is 0 Å². The summed E-state index contributed by atoms with van der Waals surface area (Å²) < 4.78 is 51.6. The number of carbonyl (C=O) groups excluding carboxylic acids is 1. The number of nitrogens with zero attached hydrogens (tertiary/aromatic N) is 2. The van der Waals surface area contributed by atoms with Gasteiger partial charge in [-0.2, -0.15) is 22.8 Å². The van der Waals surface area contributed by atoms with Crippen LogP contribution in [0.3, 0.4) is 0 Å². The first-order valence-corrected chi connectivity index (χ1v) is 6.83. The van der Waals surface area contributed by atoms with Crippen LogP contribution in [-0.2, 0) is 16.6 Å². The molecule has 0 aliphatic heterocycles. The standard InChI is InChI=1S/C16H11F4N3O2/c1-15(25,10-3-5-13(17)22-8-10)14(24)23-11-4-2-9(7-21)12(6-11)16(18,19)20/h2-6,8,25H,1H3,(H,23,24). The Labute approximate surface area is 139 Å². The molecule has 0 radical (unpaired) electrons. The highest BCUT2D eigenvalue weighted by atomic mass is 19.4. The summed E-state index contributed by atoms with van der Waals surface area (Å²) in [6, 6.07) is 6.08. The maximum atomic E-state index is 12.9. The molecule has 1 aromatic carbocycles. The third-order valence-corrected chi connectivity index (χ3v) is 3.43. The molecule has 2 aromatic rings. The van der Waals surface area contributed by atoms with Gasteiger partial charge in [-0.25, -0.2) is 4.98 Å². The number of benzene rings is 1. The molecule has 25 heavy (non-hydrogen) atoms. The molecular formula is C16H11F4N3O2. The fourth-order valence-corrected chi connectivity index (χ4v) is 2.00. The molecule has 0 bridgehead atoms. The van der Waals surface area contributed by atoms with Crippen LogP contribution in [-0.4, -0.2) is 16.0 Å². The Bertz CT molecular complexity index is 840. The molecule has 0 aliphatic rings. The van der Waals surface area contributed by atoms with Crippen molar-refractivity contribution in [2.45, 2.75) is 18.7 Å². The molecule has 0 saturated carbocycles. The summed E-state index contributed by atoms with van der Waals surface area (Å²) in [6.07, 6.45) is -3.84. The Hall–Kier alpha value is -2.99. The molecule has 0 aliphatic carbocycles. The maximum absolute atomic E-state index is 12.9. The minimum Gasteiger partial charge on any atom is -0.375 e. The van der Waals surface area contributed by atoms with Crippen LogP contribution in [0.1, 0.15) is 23.6 Å². The van der Waals surface area contributed by atoms with Gasteiger partial charge in [-0.05, 0) is 37.3 Å². The van der Waals surface area contributed by atoms with Crippen LogP contribution in [0.2, 0.25) is 0 Å². The molecule has 2 N–H and O–H groups in total. The number of aromatic nitrogens is 1. The molecule has 2 rings (SSSR count). The first kappa shape index (κ1) is 18.4. The molecule has 130 valence electrons. The summed E-state index contributed by atoms with van der Waals surface area (Å²) in [6.45, 7) is 1.09. The second-order valence-electron chi connectivity index (χ2n) is 5.27. The number of nitriles is 1. The van der Waals surface area contributed by atoms with E-state index in [1.165, 1.54) is 6.07 Å². The van der Waals surface area contributed by atoms with E-state index in [0.717, 1.165) is 37.4 Å². The van der Waals surface area contributed by atoms with Crippen molar-refractivity contribution in [3.63, 3.8) is 0 Å². The molecule has 0 saturated heterocycles. The van der Waals surface area contributed by atoms with E-state index in [1.807, 2.05) is 0 Å². The molecule has 1 amide bonds. The van der Waals surface area contributed by atoms with E-state index in [1.54, 1.807) is 0 Å².